The molecule has 1 heterocycles. The molecule has 2 aromatic rings. The number of amidine groups is 1. The number of anilines is 1. The molecule has 0 unspecified atom stereocenters. The lowest BCUT2D eigenvalue weighted by molar-refractivity contribution is -0.119. The molecule has 0 aliphatic carbocycles. The number of Topliss-reactive ketones (excluding diaryl/α,β-unsaturated/α-hetero) is 1. The normalized spacial score (nSPS) is 12.6. The van der Waals surface area contributed by atoms with Gasteiger partial charge in [0.25, 0.3) is 0 Å². The molecule has 2 aromatic carbocycles. The summed E-state index contributed by atoms with van der Waals surface area (Å²) in [6.45, 7) is 7.04. The van der Waals surface area contributed by atoms with Crippen LogP contribution in [0.2, 0.25) is 0 Å². The van der Waals surface area contributed by atoms with Gasteiger partial charge < -0.3 is 24.6 Å². The van der Waals surface area contributed by atoms with E-state index in [0.717, 1.165) is 33.7 Å². The molecule has 0 aromatic heterocycles. The summed E-state index contributed by atoms with van der Waals surface area (Å²) in [5.74, 6) is 1.69. The summed E-state index contributed by atoms with van der Waals surface area (Å²) < 4.78 is 11.4. The molecule has 0 saturated carbocycles. The zero-order valence-corrected chi connectivity index (χ0v) is 21.7. The van der Waals surface area contributed by atoms with Gasteiger partial charge in [-0.1, -0.05) is 13.8 Å². The minimum atomic E-state index is -0.125. The van der Waals surface area contributed by atoms with Gasteiger partial charge in [-0.3, -0.25) is 15.0 Å². The highest BCUT2D eigenvalue weighted by atomic mass is 16.5. The van der Waals surface area contributed by atoms with E-state index in [-0.39, 0.29) is 36.4 Å². The molecule has 0 atom stereocenters. The van der Waals surface area contributed by atoms with Crippen LogP contribution in [0.25, 0.3) is 0 Å². The number of nitrogens with zero attached hydrogens (tertiary/aromatic N) is 2. The molecular weight excluding hydrogens is 444 g/mol. The third kappa shape index (κ3) is 5.42. The van der Waals surface area contributed by atoms with E-state index >= 15 is 0 Å². The van der Waals surface area contributed by atoms with Crippen LogP contribution in [-0.2, 0) is 17.8 Å². The fraction of sp³-hybridized carbons (Fsp3) is 0.444. The van der Waals surface area contributed by atoms with E-state index in [1.807, 2.05) is 50.2 Å². The lowest BCUT2D eigenvalue weighted by Gasteiger charge is -2.23. The van der Waals surface area contributed by atoms with Crippen molar-refractivity contribution in [3.05, 3.63) is 52.1 Å². The second kappa shape index (κ2) is 10.8. The van der Waals surface area contributed by atoms with Crippen molar-refractivity contribution in [3.63, 3.8) is 0 Å². The van der Waals surface area contributed by atoms with Crippen LogP contribution in [0, 0.1) is 5.41 Å². The molecule has 35 heavy (non-hydrogen) atoms. The van der Waals surface area contributed by atoms with E-state index in [1.165, 1.54) is 0 Å². The highest BCUT2D eigenvalue weighted by Crippen LogP contribution is 2.37. The van der Waals surface area contributed by atoms with Crippen LogP contribution in [0.5, 0.6) is 11.5 Å². The summed E-state index contributed by atoms with van der Waals surface area (Å²) in [7, 11) is 7.09. The van der Waals surface area contributed by atoms with Gasteiger partial charge in [0.1, 0.15) is 17.3 Å². The van der Waals surface area contributed by atoms with E-state index in [4.69, 9.17) is 14.9 Å². The zero-order chi connectivity index (χ0) is 25.9. The second-order valence-electron chi connectivity index (χ2n) is 9.19. The summed E-state index contributed by atoms with van der Waals surface area (Å²) >= 11 is 0. The van der Waals surface area contributed by atoms with Gasteiger partial charge in [-0.05, 0) is 48.2 Å². The van der Waals surface area contributed by atoms with Crippen molar-refractivity contribution in [1.29, 1.82) is 5.41 Å². The number of carbonyl (C=O) groups is 2. The summed E-state index contributed by atoms with van der Waals surface area (Å²) in [5.41, 5.74) is 4.79. The van der Waals surface area contributed by atoms with Crippen molar-refractivity contribution in [2.24, 2.45) is 0 Å². The lowest BCUT2D eigenvalue weighted by atomic mass is 9.96. The number of rotatable bonds is 10. The predicted octanol–water partition coefficient (Wildman–Crippen LogP) is 3.60. The standard InChI is InChI=1S/C27H36N4O4/c1-8-35-24-12-19-14-31(27(28)21(19)10-18(24)13-25(33)29-4)15-23(32)17-9-20(16(2)3)26(34-7)22(11-17)30(5)6/h9-12,16,28H,8,13-15H2,1-7H3,(H,29,33). The van der Waals surface area contributed by atoms with Crippen LogP contribution >= 0.6 is 0 Å². The molecule has 0 saturated heterocycles. The molecule has 0 radical (unpaired) electrons. The van der Waals surface area contributed by atoms with Crippen LogP contribution < -0.4 is 19.7 Å². The van der Waals surface area contributed by atoms with Crippen molar-refractivity contribution in [2.75, 3.05) is 46.3 Å². The maximum atomic E-state index is 13.4. The monoisotopic (exact) mass is 480 g/mol. The van der Waals surface area contributed by atoms with Gasteiger partial charge in [-0.25, -0.2) is 0 Å². The van der Waals surface area contributed by atoms with Gasteiger partial charge >= 0.3 is 0 Å². The van der Waals surface area contributed by atoms with Gasteiger partial charge in [0.2, 0.25) is 5.91 Å². The minimum absolute atomic E-state index is 0.0641. The van der Waals surface area contributed by atoms with Crippen LogP contribution in [0.4, 0.5) is 5.69 Å². The van der Waals surface area contributed by atoms with Crippen LogP contribution in [0.15, 0.2) is 24.3 Å². The van der Waals surface area contributed by atoms with Crippen molar-refractivity contribution in [1.82, 2.24) is 10.2 Å². The predicted molar refractivity (Wildman–Crippen MR) is 138 cm³/mol. The Bertz CT molecular complexity index is 1110. The zero-order valence-electron chi connectivity index (χ0n) is 21.7. The third-order valence-electron chi connectivity index (χ3n) is 6.21. The SMILES string of the molecule is CCOc1cc2c(cc1CC(=O)NC)C(=N)N(CC(=O)c1cc(C(C)C)c(OC)c(N(C)C)c1)C2. The minimum Gasteiger partial charge on any atom is -0.494 e. The Morgan fingerprint density at radius 1 is 1.20 bits per heavy atom. The van der Waals surface area contributed by atoms with Gasteiger partial charge in [-0.15, -0.1) is 0 Å². The number of nitrogens with one attached hydrogen (secondary N) is 2. The molecule has 0 fully saturated rings. The Labute approximate surface area is 207 Å². The van der Waals surface area contributed by atoms with E-state index in [2.05, 4.69) is 19.2 Å². The van der Waals surface area contributed by atoms with E-state index in [0.29, 0.717) is 24.5 Å². The van der Waals surface area contributed by atoms with Crippen molar-refractivity contribution in [2.45, 2.75) is 39.7 Å². The smallest absolute Gasteiger partial charge is 0.224 e. The molecule has 0 bridgehead atoms. The number of ether oxygens (including phenoxy) is 2. The number of benzene rings is 2. The van der Waals surface area contributed by atoms with Gasteiger partial charge in [-0.2, -0.15) is 0 Å². The fourth-order valence-corrected chi connectivity index (χ4v) is 4.34. The molecule has 0 spiro atoms. The van der Waals surface area contributed by atoms with Crippen molar-refractivity contribution >= 4 is 23.2 Å². The van der Waals surface area contributed by atoms with Crippen molar-refractivity contribution in [3.8, 4) is 11.5 Å². The Morgan fingerprint density at radius 2 is 1.91 bits per heavy atom. The number of carbonyl (C=O) groups excluding carboxylic acids is 2. The first-order valence-corrected chi connectivity index (χ1v) is 11.9. The molecular formula is C27H36N4O4. The molecule has 2 N–H and O–H groups in total. The molecule has 8 heteroatoms. The Hall–Kier alpha value is -3.55. The van der Waals surface area contributed by atoms with Crippen LogP contribution in [-0.4, -0.2) is 63.8 Å². The van der Waals surface area contributed by atoms with E-state index < -0.39 is 0 Å². The molecule has 8 nitrogen and oxygen atoms in total. The van der Waals surface area contributed by atoms with Crippen LogP contribution in [0.3, 0.4) is 0 Å². The Morgan fingerprint density at radius 3 is 2.49 bits per heavy atom. The van der Waals surface area contributed by atoms with E-state index in [9.17, 15) is 9.59 Å². The third-order valence-corrected chi connectivity index (χ3v) is 6.21. The fourth-order valence-electron chi connectivity index (χ4n) is 4.34. The average Bonchev–Trinajstić information content (AvgIpc) is 3.12. The first kappa shape index (κ1) is 26.1. The number of methoxy groups -OCH3 is 1. The Kier molecular flexibility index (Phi) is 8.04. The summed E-state index contributed by atoms with van der Waals surface area (Å²) in [6.07, 6.45) is 0.169. The van der Waals surface area contributed by atoms with E-state index in [1.54, 1.807) is 19.1 Å². The second-order valence-corrected chi connectivity index (χ2v) is 9.19. The molecule has 188 valence electrons. The summed E-state index contributed by atoms with van der Waals surface area (Å²) in [4.78, 5) is 29.1. The molecule has 1 amide bonds. The average molecular weight is 481 g/mol. The largest absolute Gasteiger partial charge is 0.494 e. The summed E-state index contributed by atoms with van der Waals surface area (Å²) in [6, 6.07) is 7.50. The highest BCUT2D eigenvalue weighted by Gasteiger charge is 2.29. The Balaban J connectivity index is 1.90. The quantitative estimate of drug-likeness (QED) is 0.505. The highest BCUT2D eigenvalue weighted by molar-refractivity contribution is 6.06. The van der Waals surface area contributed by atoms with Gasteiger partial charge in [0.15, 0.2) is 5.78 Å². The maximum absolute atomic E-state index is 13.4. The summed E-state index contributed by atoms with van der Waals surface area (Å²) in [5, 5.41) is 11.4. The number of fused-ring (bicyclic) bond motifs is 1. The number of amides is 1. The molecule has 1 aliphatic heterocycles. The first-order valence-electron chi connectivity index (χ1n) is 11.9. The van der Waals surface area contributed by atoms with Gasteiger partial charge in [0.05, 0.1) is 32.4 Å². The molecule has 3 rings (SSSR count). The lowest BCUT2D eigenvalue weighted by Crippen LogP contribution is -2.30. The number of hydrogen-bond acceptors (Lipinski definition) is 6. The number of likely N-dealkylation sites (N-methyl/N-ethyl adjacent to an activating group) is 1. The number of ketones is 1. The van der Waals surface area contributed by atoms with Crippen molar-refractivity contribution < 1.29 is 19.1 Å². The van der Waals surface area contributed by atoms with Crippen LogP contribution in [0.1, 0.15) is 59.3 Å². The first-order chi connectivity index (χ1) is 16.6. The molecule has 1 aliphatic rings. The maximum Gasteiger partial charge on any atom is 0.224 e. The number of hydrogen-bond donors (Lipinski definition) is 2. The van der Waals surface area contributed by atoms with Gasteiger partial charge in [0, 0.05) is 44.4 Å². The topological polar surface area (TPSA) is 95.0 Å².